The van der Waals surface area contributed by atoms with Crippen LogP contribution in [0.1, 0.15) is 31.4 Å². The van der Waals surface area contributed by atoms with Gasteiger partial charge in [0.15, 0.2) is 9.84 Å². The Labute approximate surface area is 103 Å². The zero-order valence-corrected chi connectivity index (χ0v) is 11.4. The normalized spacial score (nSPS) is 12.7. The Bertz CT molecular complexity index is 470. The Hall–Kier alpha value is -0.870. The Morgan fingerprint density at radius 1 is 1.29 bits per heavy atom. The second-order valence-electron chi connectivity index (χ2n) is 5.14. The Kier molecular flexibility index (Phi) is 4.33. The van der Waals surface area contributed by atoms with Crippen LogP contribution in [-0.4, -0.2) is 24.9 Å². The fourth-order valence-electron chi connectivity index (χ4n) is 1.53. The maximum atomic E-state index is 11.8. The average molecular weight is 256 g/mol. The number of hydrogen-bond donors (Lipinski definition) is 1. The van der Waals surface area contributed by atoms with Crippen molar-refractivity contribution in [2.45, 2.75) is 38.5 Å². The molecule has 0 radical (unpaired) electrons. The first-order chi connectivity index (χ1) is 7.68. The summed E-state index contributed by atoms with van der Waals surface area (Å²) in [5.41, 5.74) is 0.931. The number of aliphatic hydroxyl groups is 1. The van der Waals surface area contributed by atoms with E-state index in [0.29, 0.717) is 0 Å². The van der Waals surface area contributed by atoms with E-state index in [4.69, 9.17) is 0 Å². The Morgan fingerprint density at radius 2 is 1.94 bits per heavy atom. The highest BCUT2D eigenvalue weighted by molar-refractivity contribution is 7.90. The van der Waals surface area contributed by atoms with E-state index in [9.17, 15) is 13.5 Å². The van der Waals surface area contributed by atoms with E-state index in [1.54, 1.807) is 13.8 Å². The van der Waals surface area contributed by atoms with Gasteiger partial charge in [-0.25, -0.2) is 8.42 Å². The molecule has 0 aliphatic rings. The minimum Gasteiger partial charge on any atom is -0.390 e. The van der Waals surface area contributed by atoms with Crippen molar-refractivity contribution >= 4 is 9.84 Å². The minimum absolute atomic E-state index is 0.0183. The molecule has 3 nitrogen and oxygen atoms in total. The number of hydrogen-bond acceptors (Lipinski definition) is 3. The van der Waals surface area contributed by atoms with Crippen molar-refractivity contribution in [2.24, 2.45) is 0 Å². The van der Waals surface area contributed by atoms with E-state index < -0.39 is 15.4 Å². The molecular weight excluding hydrogens is 236 g/mol. The van der Waals surface area contributed by atoms with E-state index in [2.05, 4.69) is 0 Å². The first kappa shape index (κ1) is 14.2. The molecule has 0 saturated carbocycles. The van der Waals surface area contributed by atoms with Crippen LogP contribution in [0.2, 0.25) is 0 Å². The molecule has 1 aromatic rings. The summed E-state index contributed by atoms with van der Waals surface area (Å²) in [7, 11) is -3.14. The highest BCUT2D eigenvalue weighted by atomic mass is 32.2. The van der Waals surface area contributed by atoms with Crippen molar-refractivity contribution < 1.29 is 13.5 Å². The van der Waals surface area contributed by atoms with Gasteiger partial charge in [0.2, 0.25) is 0 Å². The van der Waals surface area contributed by atoms with Crippen molar-refractivity contribution in [2.75, 3.05) is 5.75 Å². The predicted molar refractivity (Wildman–Crippen MR) is 69.6 cm³/mol. The molecule has 1 rings (SSSR count). The van der Waals surface area contributed by atoms with Gasteiger partial charge in [-0.1, -0.05) is 29.8 Å². The number of benzene rings is 1. The lowest BCUT2D eigenvalue weighted by Crippen LogP contribution is -2.23. The number of rotatable bonds is 5. The topological polar surface area (TPSA) is 54.4 Å². The second-order valence-corrected chi connectivity index (χ2v) is 7.33. The number of sulfone groups is 1. The van der Waals surface area contributed by atoms with E-state index in [1.165, 1.54) is 0 Å². The summed E-state index contributed by atoms with van der Waals surface area (Å²) in [5, 5.41) is 9.53. The molecule has 96 valence electrons. The maximum Gasteiger partial charge on any atom is 0.154 e. The van der Waals surface area contributed by atoms with Crippen LogP contribution in [0.15, 0.2) is 24.3 Å². The molecule has 17 heavy (non-hydrogen) atoms. The van der Waals surface area contributed by atoms with Gasteiger partial charge in [-0.2, -0.15) is 0 Å². The summed E-state index contributed by atoms with van der Waals surface area (Å²) < 4.78 is 23.7. The molecule has 0 aromatic heterocycles. The van der Waals surface area contributed by atoms with Gasteiger partial charge in [0, 0.05) is 0 Å². The van der Waals surface area contributed by atoms with Gasteiger partial charge < -0.3 is 5.11 Å². The predicted octanol–water partition coefficient (Wildman–Crippen LogP) is 2.07. The van der Waals surface area contributed by atoms with Crippen molar-refractivity contribution in [3.05, 3.63) is 35.4 Å². The average Bonchev–Trinajstić information content (AvgIpc) is 2.13. The van der Waals surface area contributed by atoms with E-state index in [0.717, 1.165) is 11.1 Å². The molecule has 0 amide bonds. The summed E-state index contributed by atoms with van der Waals surface area (Å²) in [6.07, 6.45) is 0.265. The molecule has 0 spiro atoms. The van der Waals surface area contributed by atoms with Crippen molar-refractivity contribution in [1.29, 1.82) is 0 Å². The van der Waals surface area contributed by atoms with Crippen LogP contribution in [-0.2, 0) is 15.6 Å². The van der Waals surface area contributed by atoms with E-state index in [1.807, 2.05) is 31.2 Å². The van der Waals surface area contributed by atoms with Crippen molar-refractivity contribution in [3.63, 3.8) is 0 Å². The lowest BCUT2D eigenvalue weighted by Gasteiger charge is -2.16. The molecule has 1 aromatic carbocycles. The van der Waals surface area contributed by atoms with Crippen LogP contribution in [0, 0.1) is 6.92 Å². The molecule has 0 aliphatic heterocycles. The summed E-state index contributed by atoms with van der Waals surface area (Å²) in [6.45, 7) is 5.18. The highest BCUT2D eigenvalue weighted by Gasteiger charge is 2.19. The van der Waals surface area contributed by atoms with Crippen molar-refractivity contribution in [3.8, 4) is 0 Å². The van der Waals surface area contributed by atoms with Gasteiger partial charge in [0.25, 0.3) is 0 Å². The Morgan fingerprint density at radius 3 is 2.47 bits per heavy atom. The maximum absolute atomic E-state index is 11.8. The summed E-state index contributed by atoms with van der Waals surface area (Å²) in [5.74, 6) is 0.0647. The van der Waals surface area contributed by atoms with Crippen LogP contribution in [0.25, 0.3) is 0 Å². The lowest BCUT2D eigenvalue weighted by molar-refractivity contribution is 0.0772. The standard InChI is InChI=1S/C13H20O3S/c1-11-5-4-6-12(9-11)10-17(15,16)8-7-13(2,3)14/h4-6,9,14H,7-8,10H2,1-3H3. The van der Waals surface area contributed by atoms with Gasteiger partial charge in [-0.3, -0.25) is 0 Å². The molecule has 0 saturated heterocycles. The van der Waals surface area contributed by atoms with Crippen LogP contribution < -0.4 is 0 Å². The minimum atomic E-state index is -3.14. The quantitative estimate of drug-likeness (QED) is 0.877. The summed E-state index contributed by atoms with van der Waals surface area (Å²) in [4.78, 5) is 0. The SMILES string of the molecule is Cc1cccc(CS(=O)(=O)CCC(C)(C)O)c1. The molecule has 0 unspecified atom stereocenters. The van der Waals surface area contributed by atoms with Gasteiger partial charge >= 0.3 is 0 Å². The molecule has 0 bridgehead atoms. The van der Waals surface area contributed by atoms with Crippen molar-refractivity contribution in [1.82, 2.24) is 0 Å². The molecule has 1 N–H and O–H groups in total. The van der Waals surface area contributed by atoms with Crippen LogP contribution in [0.4, 0.5) is 0 Å². The first-order valence-electron chi connectivity index (χ1n) is 5.66. The van der Waals surface area contributed by atoms with Gasteiger partial charge in [0.1, 0.15) is 0 Å². The molecule has 4 heteroatoms. The van der Waals surface area contributed by atoms with Crippen LogP contribution in [0.5, 0.6) is 0 Å². The second kappa shape index (κ2) is 5.19. The Balaban J connectivity index is 2.67. The van der Waals surface area contributed by atoms with Gasteiger partial charge in [-0.15, -0.1) is 0 Å². The fourth-order valence-corrected chi connectivity index (χ4v) is 3.18. The monoisotopic (exact) mass is 256 g/mol. The largest absolute Gasteiger partial charge is 0.390 e. The third kappa shape index (κ3) is 5.84. The third-order valence-corrected chi connectivity index (χ3v) is 4.09. The fraction of sp³-hybridized carbons (Fsp3) is 0.538. The van der Waals surface area contributed by atoms with E-state index >= 15 is 0 Å². The lowest BCUT2D eigenvalue weighted by atomic mass is 10.1. The molecule has 0 aliphatic carbocycles. The third-order valence-electron chi connectivity index (χ3n) is 2.49. The molecular formula is C13H20O3S. The van der Waals surface area contributed by atoms with E-state index in [-0.39, 0.29) is 17.9 Å². The van der Waals surface area contributed by atoms with Gasteiger partial charge in [-0.05, 0) is 32.8 Å². The van der Waals surface area contributed by atoms with Crippen LogP contribution >= 0.6 is 0 Å². The molecule has 0 fully saturated rings. The summed E-state index contributed by atoms with van der Waals surface area (Å²) >= 11 is 0. The molecule has 0 atom stereocenters. The van der Waals surface area contributed by atoms with Crippen LogP contribution in [0.3, 0.4) is 0 Å². The van der Waals surface area contributed by atoms with Gasteiger partial charge in [0.05, 0.1) is 17.1 Å². The smallest absolute Gasteiger partial charge is 0.154 e. The summed E-state index contributed by atoms with van der Waals surface area (Å²) in [6, 6.07) is 7.49. The zero-order valence-electron chi connectivity index (χ0n) is 10.6. The first-order valence-corrected chi connectivity index (χ1v) is 7.48. The molecule has 0 heterocycles. The number of aryl methyl sites for hydroxylation is 1. The zero-order chi connectivity index (χ0) is 13.1. The highest BCUT2D eigenvalue weighted by Crippen LogP contribution is 2.14.